The van der Waals surface area contributed by atoms with Crippen LogP contribution >= 0.6 is 11.3 Å². The van der Waals surface area contributed by atoms with Crippen LogP contribution in [0.25, 0.3) is 0 Å². The molecule has 1 atom stereocenters. The van der Waals surface area contributed by atoms with Crippen LogP contribution in [0.1, 0.15) is 42.5 Å². The van der Waals surface area contributed by atoms with E-state index in [1.54, 1.807) is 11.3 Å². The molecule has 1 aromatic rings. The number of aromatic nitrogens is 1. The maximum absolute atomic E-state index is 5.02. The first-order valence-corrected chi connectivity index (χ1v) is 5.24. The van der Waals surface area contributed by atoms with Gasteiger partial charge in [0.15, 0.2) is 0 Å². The summed E-state index contributed by atoms with van der Waals surface area (Å²) in [7, 11) is 0. The number of hydrogen-bond donors (Lipinski definition) is 1. The van der Waals surface area contributed by atoms with E-state index in [1.165, 1.54) is 9.88 Å². The van der Waals surface area contributed by atoms with Crippen LogP contribution in [0.4, 0.5) is 0 Å². The zero-order chi connectivity index (χ0) is 9.84. The largest absolute Gasteiger partial charge is 0.304 e. The monoisotopic (exact) mass is 200 g/mol. The van der Waals surface area contributed by atoms with Crippen LogP contribution in [0.15, 0.2) is 6.20 Å². The Bertz CT molecular complexity index is 260. The Morgan fingerprint density at radius 3 is 2.69 bits per heavy atom. The van der Waals surface area contributed by atoms with Crippen molar-refractivity contribution < 1.29 is 4.84 Å². The molecule has 0 bridgehead atoms. The minimum absolute atomic E-state index is 0.343. The van der Waals surface area contributed by atoms with E-state index in [1.807, 2.05) is 6.20 Å². The standard InChI is InChI=1S/C9H16N2OS/c1-6(2)9-11-4-8(13-9)7(3)5-12-10/h4,6-7H,5,10H2,1-3H3. The van der Waals surface area contributed by atoms with Crippen molar-refractivity contribution in [2.45, 2.75) is 32.6 Å². The maximum Gasteiger partial charge on any atom is 0.0953 e. The Morgan fingerprint density at radius 2 is 2.23 bits per heavy atom. The summed E-state index contributed by atoms with van der Waals surface area (Å²) >= 11 is 1.74. The molecule has 0 spiro atoms. The molecule has 0 aliphatic heterocycles. The Hall–Kier alpha value is -0.450. The van der Waals surface area contributed by atoms with Crippen molar-refractivity contribution in [3.05, 3.63) is 16.1 Å². The Morgan fingerprint density at radius 1 is 1.54 bits per heavy atom. The fourth-order valence-corrected chi connectivity index (χ4v) is 1.98. The van der Waals surface area contributed by atoms with Crippen molar-refractivity contribution in [2.75, 3.05) is 6.61 Å². The molecule has 1 aromatic heterocycles. The molecule has 3 nitrogen and oxygen atoms in total. The molecule has 0 radical (unpaired) electrons. The van der Waals surface area contributed by atoms with Crippen molar-refractivity contribution in [2.24, 2.45) is 5.90 Å². The fraction of sp³-hybridized carbons (Fsp3) is 0.667. The lowest BCUT2D eigenvalue weighted by Crippen LogP contribution is -2.07. The van der Waals surface area contributed by atoms with Crippen LogP contribution in [0.2, 0.25) is 0 Å². The molecule has 0 aromatic carbocycles. The zero-order valence-electron chi connectivity index (χ0n) is 8.28. The van der Waals surface area contributed by atoms with Gasteiger partial charge >= 0.3 is 0 Å². The van der Waals surface area contributed by atoms with Gasteiger partial charge in [0.2, 0.25) is 0 Å². The second kappa shape index (κ2) is 4.69. The summed E-state index contributed by atoms with van der Waals surface area (Å²) in [6.07, 6.45) is 1.92. The third kappa shape index (κ3) is 2.76. The molecule has 0 amide bonds. The van der Waals surface area contributed by atoms with E-state index in [9.17, 15) is 0 Å². The van der Waals surface area contributed by atoms with Crippen molar-refractivity contribution >= 4 is 11.3 Å². The van der Waals surface area contributed by atoms with Crippen LogP contribution in [0, 0.1) is 0 Å². The fourth-order valence-electron chi connectivity index (χ4n) is 1.02. The van der Waals surface area contributed by atoms with Gasteiger partial charge in [-0.05, 0) is 0 Å². The second-order valence-electron chi connectivity index (χ2n) is 3.49. The van der Waals surface area contributed by atoms with E-state index >= 15 is 0 Å². The molecule has 1 rings (SSSR count). The first-order valence-electron chi connectivity index (χ1n) is 4.42. The highest BCUT2D eigenvalue weighted by Gasteiger charge is 2.11. The molecule has 74 valence electrons. The predicted octanol–water partition coefficient (Wildman–Crippen LogP) is 2.26. The quantitative estimate of drug-likeness (QED) is 0.758. The van der Waals surface area contributed by atoms with E-state index in [2.05, 4.69) is 30.6 Å². The third-order valence-electron chi connectivity index (χ3n) is 1.87. The predicted molar refractivity (Wildman–Crippen MR) is 54.8 cm³/mol. The Labute approximate surface area is 82.9 Å². The van der Waals surface area contributed by atoms with E-state index in [4.69, 9.17) is 5.90 Å². The molecule has 2 N–H and O–H groups in total. The molecule has 0 aliphatic rings. The highest BCUT2D eigenvalue weighted by molar-refractivity contribution is 7.11. The van der Waals surface area contributed by atoms with Gasteiger partial charge in [-0.25, -0.2) is 10.9 Å². The van der Waals surface area contributed by atoms with E-state index in [0.29, 0.717) is 18.4 Å². The molecule has 4 heteroatoms. The minimum Gasteiger partial charge on any atom is -0.304 e. The smallest absolute Gasteiger partial charge is 0.0953 e. The van der Waals surface area contributed by atoms with Crippen molar-refractivity contribution in [3.63, 3.8) is 0 Å². The second-order valence-corrected chi connectivity index (χ2v) is 4.58. The van der Waals surface area contributed by atoms with Gasteiger partial charge in [0.25, 0.3) is 0 Å². The normalized spacial score (nSPS) is 13.6. The van der Waals surface area contributed by atoms with Crippen molar-refractivity contribution in [3.8, 4) is 0 Å². The highest BCUT2D eigenvalue weighted by atomic mass is 32.1. The average Bonchev–Trinajstić information content (AvgIpc) is 2.52. The molecular weight excluding hydrogens is 184 g/mol. The SMILES string of the molecule is CC(C)c1ncc(C(C)CON)s1. The number of nitrogens with zero attached hydrogens (tertiary/aromatic N) is 1. The first-order chi connectivity index (χ1) is 6.15. The Balaban J connectivity index is 2.67. The van der Waals surface area contributed by atoms with Crippen molar-refractivity contribution in [1.29, 1.82) is 0 Å². The lowest BCUT2D eigenvalue weighted by atomic mass is 10.2. The summed E-state index contributed by atoms with van der Waals surface area (Å²) in [6, 6.07) is 0. The van der Waals surface area contributed by atoms with Gasteiger partial charge in [0.1, 0.15) is 0 Å². The van der Waals surface area contributed by atoms with Gasteiger partial charge in [-0.2, -0.15) is 0 Å². The van der Waals surface area contributed by atoms with Gasteiger partial charge in [0, 0.05) is 22.9 Å². The molecule has 0 saturated heterocycles. The van der Waals surface area contributed by atoms with Crippen molar-refractivity contribution in [1.82, 2.24) is 4.98 Å². The first kappa shape index (κ1) is 10.6. The van der Waals surface area contributed by atoms with E-state index in [0.717, 1.165) is 0 Å². The van der Waals surface area contributed by atoms with Gasteiger partial charge in [-0.1, -0.05) is 20.8 Å². The van der Waals surface area contributed by atoms with Gasteiger partial charge < -0.3 is 4.84 Å². The van der Waals surface area contributed by atoms with Crippen LogP contribution < -0.4 is 5.90 Å². The van der Waals surface area contributed by atoms with Crippen LogP contribution in [-0.2, 0) is 4.84 Å². The van der Waals surface area contributed by atoms with Crippen LogP contribution in [-0.4, -0.2) is 11.6 Å². The summed E-state index contributed by atoms with van der Waals surface area (Å²) in [5.41, 5.74) is 0. The average molecular weight is 200 g/mol. The third-order valence-corrected chi connectivity index (χ3v) is 3.40. The molecule has 1 heterocycles. The van der Waals surface area contributed by atoms with E-state index < -0.39 is 0 Å². The lowest BCUT2D eigenvalue weighted by Gasteiger charge is -2.05. The minimum atomic E-state index is 0.343. The van der Waals surface area contributed by atoms with Gasteiger partial charge in [0.05, 0.1) is 11.6 Å². The molecule has 0 saturated carbocycles. The molecule has 13 heavy (non-hydrogen) atoms. The summed E-state index contributed by atoms with van der Waals surface area (Å²) in [4.78, 5) is 10.2. The maximum atomic E-state index is 5.02. The lowest BCUT2D eigenvalue weighted by molar-refractivity contribution is 0.127. The topological polar surface area (TPSA) is 48.1 Å². The molecule has 0 fully saturated rings. The van der Waals surface area contributed by atoms with Crippen LogP contribution in [0.3, 0.4) is 0 Å². The summed E-state index contributed by atoms with van der Waals surface area (Å²) in [6.45, 7) is 6.93. The summed E-state index contributed by atoms with van der Waals surface area (Å²) in [5, 5.41) is 1.18. The number of hydrogen-bond acceptors (Lipinski definition) is 4. The summed E-state index contributed by atoms with van der Waals surface area (Å²) in [5.74, 6) is 5.86. The summed E-state index contributed by atoms with van der Waals surface area (Å²) < 4.78 is 0. The zero-order valence-corrected chi connectivity index (χ0v) is 9.10. The van der Waals surface area contributed by atoms with Crippen LogP contribution in [0.5, 0.6) is 0 Å². The molecule has 0 aliphatic carbocycles. The number of thiazole rings is 1. The highest BCUT2D eigenvalue weighted by Crippen LogP contribution is 2.26. The number of nitrogens with two attached hydrogens (primary N) is 1. The van der Waals surface area contributed by atoms with E-state index in [-0.39, 0.29) is 0 Å². The van der Waals surface area contributed by atoms with Gasteiger partial charge in [-0.15, -0.1) is 11.3 Å². The molecule has 1 unspecified atom stereocenters. The Kier molecular flexibility index (Phi) is 3.84. The van der Waals surface area contributed by atoms with Gasteiger partial charge in [-0.3, -0.25) is 0 Å². The molecular formula is C9H16N2OS. The number of rotatable bonds is 4.